The molecule has 2 aromatic rings. The fourth-order valence-corrected chi connectivity index (χ4v) is 4.70. The van der Waals surface area contributed by atoms with Crippen molar-refractivity contribution in [3.63, 3.8) is 0 Å². The van der Waals surface area contributed by atoms with E-state index in [1.807, 2.05) is 13.8 Å². The van der Waals surface area contributed by atoms with Gasteiger partial charge in [-0.3, -0.25) is 19.3 Å². The van der Waals surface area contributed by atoms with E-state index in [1.165, 1.54) is 4.90 Å². The van der Waals surface area contributed by atoms with E-state index in [0.717, 1.165) is 18.7 Å². The van der Waals surface area contributed by atoms with Crippen molar-refractivity contribution in [3.05, 3.63) is 64.7 Å². The number of ether oxygens (including phenoxy) is 3. The summed E-state index contributed by atoms with van der Waals surface area (Å²) in [5.74, 6) is -1.16. The number of hydrogen-bond donors (Lipinski definition) is 2. The molecular formula is C28H33N3O7. The van der Waals surface area contributed by atoms with Crippen molar-refractivity contribution in [2.45, 2.75) is 19.9 Å². The highest BCUT2D eigenvalue weighted by Crippen LogP contribution is 2.40. The number of aliphatic hydroxyl groups is 1. The Morgan fingerprint density at radius 1 is 1.08 bits per heavy atom. The van der Waals surface area contributed by atoms with E-state index in [0.29, 0.717) is 55.5 Å². The summed E-state index contributed by atoms with van der Waals surface area (Å²) in [7, 11) is 0. The van der Waals surface area contributed by atoms with Gasteiger partial charge in [0.25, 0.3) is 17.6 Å². The SMILES string of the molecule is CCOc1ccc(/C(O)=C2\C(=O)C(=O)N(CCN3CCOCC3)C2c2ccc(OCC(N)=O)cc2)cc1C. The lowest BCUT2D eigenvalue weighted by Crippen LogP contribution is -2.42. The zero-order valence-corrected chi connectivity index (χ0v) is 21.6. The molecule has 2 amide bonds. The van der Waals surface area contributed by atoms with Crippen LogP contribution in [0.4, 0.5) is 0 Å². The van der Waals surface area contributed by atoms with Gasteiger partial charge < -0.3 is 30.0 Å². The number of nitrogens with zero attached hydrogens (tertiary/aromatic N) is 2. The molecule has 2 saturated heterocycles. The molecule has 2 aromatic carbocycles. The van der Waals surface area contributed by atoms with Crippen LogP contribution in [-0.4, -0.2) is 85.1 Å². The minimum atomic E-state index is -0.798. The molecule has 0 radical (unpaired) electrons. The van der Waals surface area contributed by atoms with Crippen LogP contribution in [0.1, 0.15) is 29.7 Å². The van der Waals surface area contributed by atoms with Crippen LogP contribution in [0.2, 0.25) is 0 Å². The highest BCUT2D eigenvalue weighted by molar-refractivity contribution is 6.46. The number of carbonyl (C=O) groups excluding carboxylic acids is 3. The number of amides is 2. The van der Waals surface area contributed by atoms with Gasteiger partial charge in [0.2, 0.25) is 0 Å². The van der Waals surface area contributed by atoms with Crippen molar-refractivity contribution in [3.8, 4) is 11.5 Å². The first-order valence-electron chi connectivity index (χ1n) is 12.6. The third kappa shape index (κ3) is 5.98. The van der Waals surface area contributed by atoms with Crippen molar-refractivity contribution < 1.29 is 33.7 Å². The quantitative estimate of drug-likeness (QED) is 0.275. The second-order valence-corrected chi connectivity index (χ2v) is 9.18. The second kappa shape index (κ2) is 12.1. The van der Waals surface area contributed by atoms with Crippen LogP contribution < -0.4 is 15.2 Å². The lowest BCUT2D eigenvalue weighted by atomic mass is 9.94. The first-order chi connectivity index (χ1) is 18.3. The van der Waals surface area contributed by atoms with Gasteiger partial charge >= 0.3 is 0 Å². The largest absolute Gasteiger partial charge is 0.507 e. The van der Waals surface area contributed by atoms with Crippen molar-refractivity contribution in [2.24, 2.45) is 5.73 Å². The predicted molar refractivity (Wildman–Crippen MR) is 140 cm³/mol. The minimum absolute atomic E-state index is 0.0198. The van der Waals surface area contributed by atoms with Gasteiger partial charge in [-0.15, -0.1) is 0 Å². The number of likely N-dealkylation sites (tertiary alicyclic amines) is 1. The number of aryl methyl sites for hydroxylation is 1. The Kier molecular flexibility index (Phi) is 8.65. The van der Waals surface area contributed by atoms with Crippen molar-refractivity contribution in [1.82, 2.24) is 9.80 Å². The van der Waals surface area contributed by atoms with Gasteiger partial charge in [0.05, 0.1) is 31.4 Å². The Bertz CT molecular complexity index is 1220. The molecule has 0 saturated carbocycles. The van der Waals surface area contributed by atoms with E-state index in [9.17, 15) is 19.5 Å². The van der Waals surface area contributed by atoms with Crippen LogP contribution in [0.15, 0.2) is 48.0 Å². The lowest BCUT2D eigenvalue weighted by Gasteiger charge is -2.31. The van der Waals surface area contributed by atoms with E-state index >= 15 is 0 Å². The van der Waals surface area contributed by atoms with Gasteiger partial charge in [-0.25, -0.2) is 0 Å². The Balaban J connectivity index is 1.71. The van der Waals surface area contributed by atoms with Crippen LogP contribution in [-0.2, 0) is 19.1 Å². The molecule has 4 rings (SSSR count). The van der Waals surface area contributed by atoms with Gasteiger partial charge in [0.15, 0.2) is 6.61 Å². The average molecular weight is 524 g/mol. The summed E-state index contributed by atoms with van der Waals surface area (Å²) in [6.07, 6.45) is 0. The predicted octanol–water partition coefficient (Wildman–Crippen LogP) is 2.01. The fourth-order valence-electron chi connectivity index (χ4n) is 4.70. The first kappa shape index (κ1) is 27.2. The maximum Gasteiger partial charge on any atom is 0.295 e. The van der Waals surface area contributed by atoms with Gasteiger partial charge in [0, 0.05) is 31.7 Å². The highest BCUT2D eigenvalue weighted by Gasteiger charge is 2.46. The Labute approximate surface area is 221 Å². The van der Waals surface area contributed by atoms with Gasteiger partial charge in [-0.05, 0) is 55.3 Å². The number of benzene rings is 2. The summed E-state index contributed by atoms with van der Waals surface area (Å²) in [6, 6.07) is 11.1. The molecule has 2 aliphatic rings. The van der Waals surface area contributed by atoms with Crippen LogP contribution >= 0.6 is 0 Å². The van der Waals surface area contributed by atoms with E-state index in [-0.39, 0.29) is 17.9 Å². The number of carbonyl (C=O) groups is 3. The maximum absolute atomic E-state index is 13.3. The topological polar surface area (TPSA) is 132 Å². The van der Waals surface area contributed by atoms with Crippen molar-refractivity contribution >= 4 is 23.4 Å². The third-order valence-electron chi connectivity index (χ3n) is 6.63. The molecule has 0 spiro atoms. The Hall–Kier alpha value is -3.89. The minimum Gasteiger partial charge on any atom is -0.507 e. The summed E-state index contributed by atoms with van der Waals surface area (Å²) in [6.45, 7) is 7.55. The molecule has 2 fully saturated rings. The van der Waals surface area contributed by atoms with Gasteiger partial charge in [-0.1, -0.05) is 12.1 Å². The second-order valence-electron chi connectivity index (χ2n) is 9.18. The Morgan fingerprint density at radius 2 is 1.79 bits per heavy atom. The standard InChI is InChI=1S/C28H33N3O7/c1-3-37-22-9-6-20(16-18(22)2)26(33)24-25(19-4-7-21(8-5-19)38-17-23(29)32)31(28(35)27(24)34)11-10-30-12-14-36-15-13-30/h4-9,16,25,33H,3,10-15,17H2,1-2H3,(H2,29,32)/b26-24+. The molecular weight excluding hydrogens is 490 g/mol. The van der Waals surface area contributed by atoms with Crippen molar-refractivity contribution in [2.75, 3.05) is 52.6 Å². The Morgan fingerprint density at radius 3 is 2.42 bits per heavy atom. The molecule has 2 heterocycles. The molecule has 202 valence electrons. The molecule has 1 unspecified atom stereocenters. The first-order valence-corrected chi connectivity index (χ1v) is 12.6. The molecule has 0 aromatic heterocycles. The zero-order valence-electron chi connectivity index (χ0n) is 21.6. The number of ketones is 1. The zero-order chi connectivity index (χ0) is 27.2. The number of nitrogens with two attached hydrogens (primary N) is 1. The van der Waals surface area contributed by atoms with Gasteiger partial charge in [0.1, 0.15) is 17.3 Å². The van der Waals surface area contributed by atoms with Gasteiger partial charge in [-0.2, -0.15) is 0 Å². The van der Waals surface area contributed by atoms with Crippen molar-refractivity contribution in [1.29, 1.82) is 0 Å². The molecule has 0 aliphatic carbocycles. The molecule has 1 atom stereocenters. The summed E-state index contributed by atoms with van der Waals surface area (Å²) >= 11 is 0. The van der Waals surface area contributed by atoms with E-state index < -0.39 is 23.6 Å². The molecule has 10 nitrogen and oxygen atoms in total. The molecule has 0 bridgehead atoms. The monoisotopic (exact) mass is 523 g/mol. The number of morpholine rings is 1. The van der Waals surface area contributed by atoms with E-state index in [2.05, 4.69) is 4.90 Å². The summed E-state index contributed by atoms with van der Waals surface area (Å²) < 4.78 is 16.4. The number of primary amides is 1. The summed E-state index contributed by atoms with van der Waals surface area (Å²) in [5.41, 5.74) is 7.02. The number of Topliss-reactive ketones (excluding diaryl/α,β-unsaturated/α-hetero) is 1. The number of hydrogen-bond acceptors (Lipinski definition) is 8. The lowest BCUT2D eigenvalue weighted by molar-refractivity contribution is -0.140. The number of rotatable bonds is 10. The van der Waals surface area contributed by atoms with Crippen LogP contribution in [0.25, 0.3) is 5.76 Å². The highest BCUT2D eigenvalue weighted by atomic mass is 16.5. The summed E-state index contributed by atoms with van der Waals surface area (Å²) in [4.78, 5) is 41.3. The molecule has 3 N–H and O–H groups in total. The van der Waals surface area contributed by atoms with Crippen LogP contribution in [0.5, 0.6) is 11.5 Å². The summed E-state index contributed by atoms with van der Waals surface area (Å²) in [5, 5.41) is 11.4. The molecule has 38 heavy (non-hydrogen) atoms. The fraction of sp³-hybridized carbons (Fsp3) is 0.393. The van der Waals surface area contributed by atoms with Crippen LogP contribution in [0, 0.1) is 6.92 Å². The molecule has 10 heteroatoms. The van der Waals surface area contributed by atoms with E-state index in [4.69, 9.17) is 19.9 Å². The smallest absolute Gasteiger partial charge is 0.295 e. The average Bonchev–Trinajstić information content (AvgIpc) is 3.17. The normalized spacial score (nSPS) is 19.5. The third-order valence-corrected chi connectivity index (χ3v) is 6.63. The maximum atomic E-state index is 13.3. The van der Waals surface area contributed by atoms with Crippen LogP contribution in [0.3, 0.4) is 0 Å². The number of aliphatic hydroxyl groups excluding tert-OH is 1. The van der Waals surface area contributed by atoms with E-state index in [1.54, 1.807) is 42.5 Å². The molecule has 2 aliphatic heterocycles.